The molecule has 2 heterocycles. The number of carbonyl (C=O) groups excluding carboxylic acids is 2. The topological polar surface area (TPSA) is 95.9 Å². The molecule has 0 radical (unpaired) electrons. The number of carboxylic acids is 1. The molecule has 3 aromatic carbocycles. The number of fused-ring (bicyclic) bond motifs is 4. The third kappa shape index (κ3) is 4.12. The van der Waals surface area contributed by atoms with Crippen molar-refractivity contribution in [2.45, 2.75) is 55.6 Å². The number of rotatable bonds is 6. The quantitative estimate of drug-likeness (QED) is 0.499. The third-order valence-electron chi connectivity index (χ3n) is 8.37. The smallest absolute Gasteiger partial charge is 0.408 e. The van der Waals surface area contributed by atoms with Gasteiger partial charge in [0.15, 0.2) is 0 Å². The first-order valence-electron chi connectivity index (χ1n) is 13.2. The van der Waals surface area contributed by atoms with E-state index >= 15 is 0 Å². The summed E-state index contributed by atoms with van der Waals surface area (Å²) >= 11 is 0. The van der Waals surface area contributed by atoms with E-state index in [4.69, 9.17) is 4.74 Å². The summed E-state index contributed by atoms with van der Waals surface area (Å²) in [5.74, 6) is -1.44. The second kappa shape index (κ2) is 9.63. The molecule has 2 N–H and O–H groups in total. The molecular weight excluding hydrogens is 480 g/mol. The van der Waals surface area contributed by atoms with E-state index in [0.29, 0.717) is 25.7 Å². The van der Waals surface area contributed by atoms with E-state index in [2.05, 4.69) is 29.6 Å². The molecule has 2 aliphatic heterocycles. The number of nitrogens with zero attached hydrogens (tertiary/aromatic N) is 1. The van der Waals surface area contributed by atoms with E-state index in [-0.39, 0.29) is 30.9 Å². The standard InChI is InChI=1S/C31H30N2O5/c34-28(35)27-15-14-21-16-17-31(29(36)33(21)27,18-20-8-2-1-3-9-20)32-30(37)38-19-26-24-12-6-4-10-22(24)23-11-5-7-13-25(23)26/h1-13,21,26-27H,14-19H2,(H,32,37)(H,34,35)/t21-,27+,31-/m1/s1. The molecule has 3 aromatic rings. The molecule has 0 unspecified atom stereocenters. The first-order chi connectivity index (χ1) is 18.5. The van der Waals surface area contributed by atoms with Gasteiger partial charge in [-0.3, -0.25) is 4.79 Å². The van der Waals surface area contributed by atoms with E-state index in [1.165, 1.54) is 4.90 Å². The Bertz CT molecular complexity index is 1340. The van der Waals surface area contributed by atoms with Gasteiger partial charge in [0.1, 0.15) is 18.2 Å². The largest absolute Gasteiger partial charge is 0.480 e. The van der Waals surface area contributed by atoms with E-state index < -0.39 is 23.6 Å². The Kier molecular flexibility index (Phi) is 6.14. The Morgan fingerprint density at radius 3 is 2.18 bits per heavy atom. The summed E-state index contributed by atoms with van der Waals surface area (Å²) in [6.07, 6.45) is 1.75. The van der Waals surface area contributed by atoms with Gasteiger partial charge in [0.25, 0.3) is 0 Å². The lowest BCUT2D eigenvalue weighted by Gasteiger charge is -2.44. The fourth-order valence-electron chi connectivity index (χ4n) is 6.58. The number of hydrogen-bond acceptors (Lipinski definition) is 4. The first kappa shape index (κ1) is 24.2. The highest BCUT2D eigenvalue weighted by atomic mass is 16.5. The van der Waals surface area contributed by atoms with Crippen molar-refractivity contribution in [1.82, 2.24) is 10.2 Å². The van der Waals surface area contributed by atoms with E-state index in [0.717, 1.165) is 27.8 Å². The molecule has 0 saturated carbocycles. The van der Waals surface area contributed by atoms with Gasteiger partial charge in [-0.05, 0) is 53.5 Å². The number of aliphatic carboxylic acids is 1. The third-order valence-corrected chi connectivity index (χ3v) is 8.37. The van der Waals surface area contributed by atoms with E-state index in [1.807, 2.05) is 54.6 Å². The van der Waals surface area contributed by atoms with E-state index in [9.17, 15) is 19.5 Å². The molecule has 0 aromatic heterocycles. The Morgan fingerprint density at radius 2 is 1.53 bits per heavy atom. The fraction of sp³-hybridized carbons (Fsp3) is 0.323. The molecule has 7 heteroatoms. The average molecular weight is 511 g/mol. The molecule has 2 fully saturated rings. The van der Waals surface area contributed by atoms with Crippen LogP contribution in [0.3, 0.4) is 0 Å². The maximum absolute atomic E-state index is 14.0. The molecular formula is C31H30N2O5. The van der Waals surface area contributed by atoms with Gasteiger partial charge in [0, 0.05) is 18.4 Å². The van der Waals surface area contributed by atoms with Crippen LogP contribution in [0.25, 0.3) is 11.1 Å². The van der Waals surface area contributed by atoms with Crippen molar-refractivity contribution in [2.75, 3.05) is 6.61 Å². The zero-order valence-electron chi connectivity index (χ0n) is 21.0. The highest BCUT2D eigenvalue weighted by Crippen LogP contribution is 2.44. The maximum atomic E-state index is 14.0. The minimum Gasteiger partial charge on any atom is -0.480 e. The lowest BCUT2D eigenvalue weighted by Crippen LogP contribution is -2.66. The second-order valence-corrected chi connectivity index (χ2v) is 10.5. The zero-order valence-corrected chi connectivity index (χ0v) is 21.0. The van der Waals surface area contributed by atoms with Crippen LogP contribution in [-0.4, -0.2) is 52.2 Å². The van der Waals surface area contributed by atoms with Crippen LogP contribution in [0.4, 0.5) is 4.79 Å². The number of piperidine rings is 1. The predicted molar refractivity (Wildman–Crippen MR) is 142 cm³/mol. The van der Waals surface area contributed by atoms with Gasteiger partial charge in [0.2, 0.25) is 5.91 Å². The monoisotopic (exact) mass is 510 g/mol. The van der Waals surface area contributed by atoms with Crippen LogP contribution < -0.4 is 5.32 Å². The number of hydrogen-bond donors (Lipinski definition) is 2. The van der Waals surface area contributed by atoms with Crippen molar-refractivity contribution >= 4 is 18.0 Å². The van der Waals surface area contributed by atoms with Crippen molar-refractivity contribution in [2.24, 2.45) is 0 Å². The minimum absolute atomic E-state index is 0.0976. The van der Waals surface area contributed by atoms with Crippen molar-refractivity contribution in [3.05, 3.63) is 95.6 Å². The lowest BCUT2D eigenvalue weighted by molar-refractivity contribution is -0.155. The summed E-state index contributed by atoms with van der Waals surface area (Å²) in [4.78, 5) is 40.7. The highest BCUT2D eigenvalue weighted by molar-refractivity contribution is 5.94. The molecule has 0 bridgehead atoms. The maximum Gasteiger partial charge on any atom is 0.408 e. The Morgan fingerprint density at radius 1 is 0.895 bits per heavy atom. The Hall–Kier alpha value is -4.13. The van der Waals surface area contributed by atoms with Crippen LogP contribution in [-0.2, 0) is 20.7 Å². The molecule has 2 saturated heterocycles. The van der Waals surface area contributed by atoms with Crippen LogP contribution in [0.1, 0.15) is 48.3 Å². The van der Waals surface area contributed by atoms with Gasteiger partial charge in [-0.15, -0.1) is 0 Å². The summed E-state index contributed by atoms with van der Waals surface area (Å²) in [7, 11) is 0. The summed E-state index contributed by atoms with van der Waals surface area (Å²) in [5, 5.41) is 12.7. The summed E-state index contributed by atoms with van der Waals surface area (Å²) < 4.78 is 5.80. The van der Waals surface area contributed by atoms with Crippen LogP contribution >= 0.6 is 0 Å². The molecule has 7 nitrogen and oxygen atoms in total. The number of alkyl carbamates (subject to hydrolysis) is 1. The second-order valence-electron chi connectivity index (χ2n) is 10.5. The van der Waals surface area contributed by atoms with Gasteiger partial charge >= 0.3 is 12.1 Å². The minimum atomic E-state index is -1.27. The lowest BCUT2D eigenvalue weighted by atomic mass is 9.80. The number of carboxylic acid groups (broad SMARTS) is 1. The summed E-state index contributed by atoms with van der Waals surface area (Å²) in [6.45, 7) is 0.138. The van der Waals surface area contributed by atoms with Crippen molar-refractivity contribution in [3.63, 3.8) is 0 Å². The molecule has 0 spiro atoms. The number of amides is 2. The fourth-order valence-corrected chi connectivity index (χ4v) is 6.58. The average Bonchev–Trinajstić information content (AvgIpc) is 3.50. The molecule has 2 amide bonds. The number of carbonyl (C=O) groups is 3. The first-order valence-corrected chi connectivity index (χ1v) is 13.2. The normalized spacial score (nSPS) is 23.9. The molecule has 38 heavy (non-hydrogen) atoms. The van der Waals surface area contributed by atoms with Gasteiger partial charge in [-0.1, -0.05) is 78.9 Å². The van der Waals surface area contributed by atoms with E-state index in [1.54, 1.807) is 0 Å². The zero-order chi connectivity index (χ0) is 26.3. The molecule has 6 rings (SSSR count). The Labute approximate surface area is 221 Å². The summed E-state index contributed by atoms with van der Waals surface area (Å²) in [6, 6.07) is 24.8. The molecule has 1 aliphatic carbocycles. The van der Waals surface area contributed by atoms with Crippen molar-refractivity contribution in [3.8, 4) is 11.1 Å². The molecule has 194 valence electrons. The van der Waals surface area contributed by atoms with Crippen LogP contribution in [0.5, 0.6) is 0 Å². The van der Waals surface area contributed by atoms with Gasteiger partial charge in [-0.2, -0.15) is 0 Å². The van der Waals surface area contributed by atoms with Crippen LogP contribution in [0.2, 0.25) is 0 Å². The van der Waals surface area contributed by atoms with Crippen molar-refractivity contribution < 1.29 is 24.2 Å². The van der Waals surface area contributed by atoms with Crippen LogP contribution in [0, 0.1) is 0 Å². The van der Waals surface area contributed by atoms with Gasteiger partial charge in [-0.25, -0.2) is 9.59 Å². The molecule has 3 aliphatic rings. The summed E-state index contributed by atoms with van der Waals surface area (Å²) in [5.41, 5.74) is 4.12. The Balaban J connectivity index is 1.25. The molecule has 3 atom stereocenters. The number of nitrogens with one attached hydrogen (secondary N) is 1. The van der Waals surface area contributed by atoms with Crippen molar-refractivity contribution in [1.29, 1.82) is 0 Å². The SMILES string of the molecule is O=C(N[C@@]1(Cc2ccccc2)CC[C@H]2CC[C@@H](C(=O)O)N2C1=O)OCC1c2ccccc2-c2ccccc21. The van der Waals surface area contributed by atoms with Gasteiger partial charge < -0.3 is 20.1 Å². The number of benzene rings is 3. The van der Waals surface area contributed by atoms with Gasteiger partial charge in [0.05, 0.1) is 0 Å². The number of ether oxygens (including phenoxy) is 1. The highest BCUT2D eigenvalue weighted by Gasteiger charge is 2.54. The van der Waals surface area contributed by atoms with Crippen LogP contribution in [0.15, 0.2) is 78.9 Å². The predicted octanol–water partition coefficient (Wildman–Crippen LogP) is 4.74.